The van der Waals surface area contributed by atoms with Crippen LogP contribution < -0.4 is 4.72 Å². The van der Waals surface area contributed by atoms with E-state index in [2.05, 4.69) is 4.72 Å². The van der Waals surface area contributed by atoms with Crippen molar-refractivity contribution in [3.05, 3.63) is 90.0 Å². The van der Waals surface area contributed by atoms with Gasteiger partial charge in [-0.05, 0) is 29.8 Å². The second-order valence-corrected chi connectivity index (χ2v) is 9.64. The highest BCUT2D eigenvalue weighted by Crippen LogP contribution is 2.29. The lowest BCUT2D eigenvalue weighted by molar-refractivity contribution is 0.504. The molecule has 1 unspecified atom stereocenters. The average molecular weight is 437 g/mol. The lowest BCUT2D eigenvalue weighted by Gasteiger charge is -2.12. The minimum absolute atomic E-state index is 0.0326. The third-order valence-corrected chi connectivity index (χ3v) is 7.14. The van der Waals surface area contributed by atoms with Crippen LogP contribution >= 0.6 is 0 Å². The molecule has 0 aliphatic carbocycles. The van der Waals surface area contributed by atoms with Gasteiger partial charge in [-0.3, -0.25) is 4.72 Å². The summed E-state index contributed by atoms with van der Waals surface area (Å²) in [6.07, 6.45) is 0. The van der Waals surface area contributed by atoms with Gasteiger partial charge in [0.1, 0.15) is 5.58 Å². The van der Waals surface area contributed by atoms with E-state index >= 15 is 0 Å². The molecule has 0 saturated heterocycles. The average Bonchev–Trinajstić information content (AvgIpc) is 3.18. The Balaban J connectivity index is 1.70. The number of para-hydroxylation sites is 1. The quantitative estimate of drug-likeness (QED) is 0.482. The predicted octanol–water partition coefficient (Wildman–Crippen LogP) is 4.41. The maximum absolute atomic E-state index is 13.0. The molecule has 0 radical (unpaired) electrons. The predicted molar refractivity (Wildman–Crippen MR) is 115 cm³/mol. The second-order valence-electron chi connectivity index (χ2n) is 6.54. The maximum Gasteiger partial charge on any atom is 0.212 e. The zero-order valence-electron chi connectivity index (χ0n) is 15.6. The monoisotopic (exact) mass is 436 g/mol. The molecule has 6 nitrogen and oxygen atoms in total. The Morgan fingerprint density at radius 3 is 2.43 bits per heavy atom. The number of rotatable bonds is 6. The van der Waals surface area contributed by atoms with Crippen LogP contribution in [0, 0.1) is 11.3 Å². The van der Waals surface area contributed by atoms with Gasteiger partial charge in [0.2, 0.25) is 5.09 Å². The summed E-state index contributed by atoms with van der Waals surface area (Å²) in [5.41, 5.74) is 1.54. The Morgan fingerprint density at radius 2 is 1.70 bits per heavy atom. The van der Waals surface area contributed by atoms with Gasteiger partial charge in [0.15, 0.2) is 20.8 Å². The van der Waals surface area contributed by atoms with E-state index in [1.165, 1.54) is 18.2 Å². The Morgan fingerprint density at radius 1 is 0.967 bits per heavy atom. The molecule has 8 heteroatoms. The first kappa shape index (κ1) is 19.9. The third-order valence-electron chi connectivity index (χ3n) is 4.43. The first-order chi connectivity index (χ1) is 14.5. The zero-order valence-corrected chi connectivity index (χ0v) is 17.2. The van der Waals surface area contributed by atoms with Crippen LogP contribution in [0.5, 0.6) is 0 Å². The van der Waals surface area contributed by atoms with Gasteiger partial charge in [-0.2, -0.15) is 5.26 Å². The number of furan rings is 1. The number of benzene rings is 3. The molecule has 3 aromatic carbocycles. The first-order valence-corrected chi connectivity index (χ1v) is 11.7. The number of anilines is 1. The summed E-state index contributed by atoms with van der Waals surface area (Å²) in [4.78, 5) is -0.0326. The molecule has 0 saturated carbocycles. The molecule has 0 fully saturated rings. The van der Waals surface area contributed by atoms with E-state index in [1.807, 2.05) is 18.2 Å². The SMILES string of the molecule is N#Cc1ccc(S(=O)(=O)Cc2ccccc2)c(NS(=O)c2cc3ccccc3o2)c1. The van der Waals surface area contributed by atoms with Crippen LogP contribution in [0.4, 0.5) is 5.69 Å². The Kier molecular flexibility index (Phi) is 5.40. The van der Waals surface area contributed by atoms with Gasteiger partial charge in [-0.25, -0.2) is 12.6 Å². The van der Waals surface area contributed by atoms with E-state index in [0.29, 0.717) is 11.1 Å². The molecular formula is C22H16N2O4S2. The van der Waals surface area contributed by atoms with E-state index < -0.39 is 20.8 Å². The highest BCUT2D eigenvalue weighted by molar-refractivity contribution is 7.91. The number of sulfone groups is 1. The van der Waals surface area contributed by atoms with Crippen molar-refractivity contribution in [2.45, 2.75) is 15.7 Å². The molecular weight excluding hydrogens is 420 g/mol. The lowest BCUT2D eigenvalue weighted by atomic mass is 10.2. The van der Waals surface area contributed by atoms with Crippen molar-refractivity contribution in [1.82, 2.24) is 0 Å². The topological polar surface area (TPSA) is 100 Å². The van der Waals surface area contributed by atoms with Gasteiger partial charge < -0.3 is 4.42 Å². The van der Waals surface area contributed by atoms with Crippen molar-refractivity contribution < 1.29 is 17.0 Å². The normalized spacial score (nSPS) is 12.4. The van der Waals surface area contributed by atoms with Gasteiger partial charge in [-0.15, -0.1) is 0 Å². The van der Waals surface area contributed by atoms with Gasteiger partial charge in [0.05, 0.1) is 28.0 Å². The Labute approximate surface area is 176 Å². The lowest BCUT2D eigenvalue weighted by Crippen LogP contribution is -2.11. The van der Waals surface area contributed by atoms with Crippen LogP contribution in [0.3, 0.4) is 0 Å². The number of hydrogen-bond donors (Lipinski definition) is 1. The molecule has 0 bridgehead atoms. The molecule has 1 atom stereocenters. The maximum atomic E-state index is 13.0. The van der Waals surface area contributed by atoms with Crippen LogP contribution in [-0.2, 0) is 26.6 Å². The first-order valence-electron chi connectivity index (χ1n) is 8.94. The van der Waals surface area contributed by atoms with E-state index in [-0.39, 0.29) is 27.0 Å². The number of nitrogens with zero attached hydrogens (tertiary/aromatic N) is 1. The fourth-order valence-corrected chi connectivity index (χ4v) is 5.46. The summed E-state index contributed by atoms with van der Waals surface area (Å²) in [6, 6.07) is 23.8. The summed E-state index contributed by atoms with van der Waals surface area (Å²) in [7, 11) is -5.62. The fraction of sp³-hybridized carbons (Fsp3) is 0.0455. The molecule has 1 aromatic heterocycles. The standard InChI is InChI=1S/C22H16N2O4S2/c23-14-17-10-11-21(30(26,27)15-16-6-2-1-3-7-16)19(12-17)24-29(25)22-13-18-8-4-5-9-20(18)28-22/h1-13,24H,15H2. The van der Waals surface area contributed by atoms with Crippen LogP contribution in [0.2, 0.25) is 0 Å². The molecule has 1 heterocycles. The summed E-state index contributed by atoms with van der Waals surface area (Å²) in [6.45, 7) is 0. The minimum Gasteiger partial charge on any atom is -0.445 e. The van der Waals surface area contributed by atoms with Crippen molar-refractivity contribution in [3.8, 4) is 6.07 Å². The van der Waals surface area contributed by atoms with Crippen molar-refractivity contribution in [2.24, 2.45) is 0 Å². The van der Waals surface area contributed by atoms with E-state index in [4.69, 9.17) is 4.42 Å². The third kappa shape index (κ3) is 4.13. The number of fused-ring (bicyclic) bond motifs is 1. The smallest absolute Gasteiger partial charge is 0.212 e. The fourth-order valence-electron chi connectivity index (χ4n) is 3.02. The highest BCUT2D eigenvalue weighted by Gasteiger charge is 2.22. The van der Waals surface area contributed by atoms with E-state index in [0.717, 1.165) is 5.39 Å². The van der Waals surface area contributed by atoms with Crippen molar-refractivity contribution >= 4 is 37.5 Å². The Hall–Kier alpha value is -3.41. The van der Waals surface area contributed by atoms with Crippen LogP contribution in [0.25, 0.3) is 11.0 Å². The molecule has 0 spiro atoms. The Bertz CT molecular complexity index is 1350. The van der Waals surface area contributed by atoms with Crippen LogP contribution in [0.15, 0.2) is 93.3 Å². The van der Waals surface area contributed by atoms with Gasteiger partial charge in [0.25, 0.3) is 0 Å². The number of nitrogens with one attached hydrogen (secondary N) is 1. The van der Waals surface area contributed by atoms with Gasteiger partial charge >= 0.3 is 0 Å². The molecule has 1 N–H and O–H groups in total. The summed E-state index contributed by atoms with van der Waals surface area (Å²) in [5, 5.41) is 10.2. The minimum atomic E-state index is -3.76. The number of nitriles is 1. The van der Waals surface area contributed by atoms with Crippen molar-refractivity contribution in [2.75, 3.05) is 4.72 Å². The number of hydrogen-bond acceptors (Lipinski definition) is 5. The van der Waals surface area contributed by atoms with E-state index in [9.17, 15) is 17.9 Å². The van der Waals surface area contributed by atoms with Crippen LogP contribution in [0.1, 0.15) is 11.1 Å². The van der Waals surface area contributed by atoms with Gasteiger partial charge in [-0.1, -0.05) is 48.5 Å². The largest absolute Gasteiger partial charge is 0.445 e. The highest BCUT2D eigenvalue weighted by atomic mass is 32.2. The van der Waals surface area contributed by atoms with Crippen LogP contribution in [-0.4, -0.2) is 12.6 Å². The second kappa shape index (κ2) is 8.14. The molecule has 4 rings (SSSR count). The van der Waals surface area contributed by atoms with Gasteiger partial charge in [0, 0.05) is 11.5 Å². The summed E-state index contributed by atoms with van der Waals surface area (Å²) >= 11 is 0. The molecule has 0 amide bonds. The molecule has 30 heavy (non-hydrogen) atoms. The summed E-state index contributed by atoms with van der Waals surface area (Å²) < 4.78 is 47.2. The van der Waals surface area contributed by atoms with Crippen molar-refractivity contribution in [1.29, 1.82) is 5.26 Å². The molecule has 0 aliphatic heterocycles. The molecule has 150 valence electrons. The summed E-state index contributed by atoms with van der Waals surface area (Å²) in [5.74, 6) is -0.217. The molecule has 0 aliphatic rings. The van der Waals surface area contributed by atoms with Crippen molar-refractivity contribution in [3.63, 3.8) is 0 Å². The zero-order chi connectivity index (χ0) is 21.1. The molecule has 4 aromatic rings. The van der Waals surface area contributed by atoms with E-state index in [1.54, 1.807) is 48.5 Å².